The van der Waals surface area contributed by atoms with Crippen LogP contribution in [0.1, 0.15) is 50.3 Å². The number of aliphatic carboxylic acids is 3. The van der Waals surface area contributed by atoms with Crippen LogP contribution in [0.25, 0.3) is 11.0 Å². The molecule has 0 spiro atoms. The summed E-state index contributed by atoms with van der Waals surface area (Å²) in [7, 11) is -14.1. The average molecular weight is 1010 g/mol. The van der Waals surface area contributed by atoms with Gasteiger partial charge in [0.1, 0.15) is 42.2 Å². The smallest absolute Gasteiger partial charge is 0.481 e. The van der Waals surface area contributed by atoms with Gasteiger partial charge in [0, 0.05) is 30.5 Å². The fourth-order valence-corrected chi connectivity index (χ4v) is 10.5. The number of phosphoric ester groups is 1. The second kappa shape index (κ2) is 24.4. The van der Waals surface area contributed by atoms with Crippen LogP contribution in [-0.2, 0) is 60.3 Å². The summed E-state index contributed by atoms with van der Waals surface area (Å²) in [5.74, 6) is -0.616. The molecule has 0 saturated carbocycles. The van der Waals surface area contributed by atoms with Crippen molar-refractivity contribution in [2.75, 3.05) is 30.4 Å². The number of aliphatic hydroxyl groups excluding tert-OH is 1. The molecule has 1 aliphatic rings. The molecule has 29 nitrogen and oxygen atoms in total. The van der Waals surface area contributed by atoms with Gasteiger partial charge in [-0.2, -0.15) is 8.62 Å². The number of nitrogen functional groups attached to an aromatic ring is 1. The number of hydrogen-bond donors (Lipinski definition) is 13. The van der Waals surface area contributed by atoms with Gasteiger partial charge in [0.15, 0.2) is 0 Å². The molecule has 1 aliphatic heterocycles. The molecule has 34 heteroatoms. The zero-order valence-electron chi connectivity index (χ0n) is 32.7. The monoisotopic (exact) mass is 1010 g/mol. The second-order valence-electron chi connectivity index (χ2n) is 13.1. The molecule has 1 saturated heterocycles. The summed E-state index contributed by atoms with van der Waals surface area (Å²) < 4.78 is 53.7. The SMILES string of the molecule is Nc1ncnc2c1c(C#CCNC(=O)CCSSCCCC(N)C(=O)NC(CC(=O)O)C(=O)NC(CC(=O)O)C(=O)O)cn2C1CC(O)C(COP(=O)(O)OP(=O)(O)OP(=O)(O)O)O1. The number of phosphoric acid groups is 3. The Hall–Kier alpha value is -4.21. The van der Waals surface area contributed by atoms with Gasteiger partial charge in [-0.25, -0.2) is 28.5 Å². The molecule has 15 N–H and O–H groups in total. The Balaban J connectivity index is 1.44. The van der Waals surface area contributed by atoms with E-state index in [1.54, 1.807) is 0 Å². The van der Waals surface area contributed by atoms with Crippen molar-refractivity contribution in [1.82, 2.24) is 30.5 Å². The number of carboxylic acids is 3. The summed E-state index contributed by atoms with van der Waals surface area (Å²) in [4.78, 5) is 115. The number of nitrogens with two attached hydrogens (primary N) is 2. The number of aromatic nitrogens is 3. The maximum absolute atomic E-state index is 12.6. The molecule has 1 fully saturated rings. The largest absolute Gasteiger partial charge is 0.490 e. The summed E-state index contributed by atoms with van der Waals surface area (Å²) in [6.07, 6.45) is -2.49. The van der Waals surface area contributed by atoms with Crippen molar-refractivity contribution in [2.24, 2.45) is 5.73 Å². The first-order valence-electron chi connectivity index (χ1n) is 18.0. The number of nitrogens with zero attached hydrogens (tertiary/aromatic N) is 3. The zero-order chi connectivity index (χ0) is 48.0. The zero-order valence-corrected chi connectivity index (χ0v) is 37.0. The molecule has 356 valence electrons. The Kier molecular flexibility index (Phi) is 20.6. The fraction of sp³-hybridized carbons (Fsp3) is 0.533. The lowest BCUT2D eigenvalue weighted by molar-refractivity contribution is -0.148. The number of rotatable bonds is 26. The summed E-state index contributed by atoms with van der Waals surface area (Å²) in [5, 5.41) is 44.7. The standard InChI is InChI=1S/C30H43N8O21P3S2/c31-16(28(45)36-17(9-23(41)42)29(46)37-18(30(47)48)10-24(43)44)4-2-7-63-64-8-5-21(40)33-6-1-3-15-12-38(27-25(15)26(32)34-14-35-27)22-11-19(39)20(57-22)13-56-61(52,53)59-62(54,55)58-60(49,50)51/h12,14,16-20,22,39H,2,4-11,13,31H2,(H,33,40)(H,36,45)(H,37,46)(H,41,42)(H,43,44)(H,47,48)(H,52,53)(H,54,55)(H2,32,34,35)(H2,49,50,51). The van der Waals surface area contributed by atoms with Crippen molar-refractivity contribution in [2.45, 2.75) is 75.1 Å². The molecule has 8 atom stereocenters. The van der Waals surface area contributed by atoms with Gasteiger partial charge >= 0.3 is 41.4 Å². The van der Waals surface area contributed by atoms with Gasteiger partial charge in [0.25, 0.3) is 0 Å². The van der Waals surface area contributed by atoms with Gasteiger partial charge < -0.3 is 76.7 Å². The number of carbonyl (C=O) groups excluding carboxylic acids is 3. The predicted octanol–water partition coefficient (Wildman–Crippen LogP) is -1.64. The molecule has 3 amide bonds. The van der Waals surface area contributed by atoms with Crippen molar-refractivity contribution < 1.29 is 100 Å². The van der Waals surface area contributed by atoms with Crippen LogP contribution in [0.5, 0.6) is 0 Å². The minimum Gasteiger partial charge on any atom is -0.481 e. The Morgan fingerprint density at radius 3 is 2.22 bits per heavy atom. The van der Waals surface area contributed by atoms with Crippen LogP contribution in [-0.4, -0.2) is 145 Å². The number of fused-ring (bicyclic) bond motifs is 1. The van der Waals surface area contributed by atoms with E-state index < -0.39 is 109 Å². The highest BCUT2D eigenvalue weighted by Gasteiger charge is 2.43. The number of aliphatic hydroxyl groups is 1. The Morgan fingerprint density at radius 1 is 0.938 bits per heavy atom. The van der Waals surface area contributed by atoms with Crippen LogP contribution in [0, 0.1) is 11.8 Å². The van der Waals surface area contributed by atoms with Gasteiger partial charge in [-0.1, -0.05) is 33.4 Å². The lowest BCUT2D eigenvalue weighted by atomic mass is 10.1. The maximum atomic E-state index is 12.6. The lowest BCUT2D eigenvalue weighted by Crippen LogP contribution is -2.55. The van der Waals surface area contributed by atoms with E-state index in [1.165, 1.54) is 32.4 Å². The van der Waals surface area contributed by atoms with Crippen molar-refractivity contribution in [3.8, 4) is 11.8 Å². The van der Waals surface area contributed by atoms with Gasteiger partial charge in [-0.3, -0.25) is 28.5 Å². The Morgan fingerprint density at radius 2 is 1.58 bits per heavy atom. The molecular formula is C30H43N8O21P3S2. The highest BCUT2D eigenvalue weighted by atomic mass is 33.1. The first kappa shape index (κ1) is 54.1. The second-order valence-corrected chi connectivity index (χ2v) is 20.2. The molecular weight excluding hydrogens is 965 g/mol. The summed E-state index contributed by atoms with van der Waals surface area (Å²) in [6.45, 7) is -0.989. The summed E-state index contributed by atoms with van der Waals surface area (Å²) in [6, 6.07) is -4.76. The average Bonchev–Trinajstić information content (AvgIpc) is 3.73. The number of ether oxygens (including phenoxy) is 1. The highest BCUT2D eigenvalue weighted by Crippen LogP contribution is 2.66. The molecule has 0 aromatic carbocycles. The third-order valence-corrected chi connectivity index (χ3v) is 14.4. The number of hydrogen-bond acceptors (Lipinski definition) is 20. The minimum atomic E-state index is -5.77. The van der Waals surface area contributed by atoms with Gasteiger partial charge in [-0.15, -0.1) is 0 Å². The van der Waals surface area contributed by atoms with E-state index in [2.05, 4.69) is 45.6 Å². The van der Waals surface area contributed by atoms with Crippen molar-refractivity contribution >= 4 is 97.5 Å². The van der Waals surface area contributed by atoms with Crippen LogP contribution >= 0.6 is 45.1 Å². The van der Waals surface area contributed by atoms with Crippen LogP contribution in [0.15, 0.2) is 12.5 Å². The van der Waals surface area contributed by atoms with Gasteiger partial charge in [0.05, 0.1) is 49.1 Å². The van der Waals surface area contributed by atoms with Crippen LogP contribution < -0.4 is 27.4 Å². The highest BCUT2D eigenvalue weighted by molar-refractivity contribution is 8.76. The number of anilines is 1. The van der Waals surface area contributed by atoms with Crippen LogP contribution in [0.2, 0.25) is 0 Å². The van der Waals surface area contributed by atoms with Crippen molar-refractivity contribution in [3.05, 3.63) is 18.1 Å². The lowest BCUT2D eigenvalue weighted by Gasteiger charge is -2.21. The molecule has 0 aliphatic carbocycles. The van der Waals surface area contributed by atoms with Gasteiger partial charge in [-0.05, 0) is 12.8 Å². The van der Waals surface area contributed by atoms with Crippen LogP contribution in [0.4, 0.5) is 5.82 Å². The molecule has 8 unspecified atom stereocenters. The molecule has 64 heavy (non-hydrogen) atoms. The van der Waals surface area contributed by atoms with E-state index in [1.807, 2.05) is 5.32 Å². The fourth-order valence-electron chi connectivity index (χ4n) is 5.36. The topological polar surface area (TPSA) is 471 Å². The van der Waals surface area contributed by atoms with Crippen molar-refractivity contribution in [3.63, 3.8) is 0 Å². The van der Waals surface area contributed by atoms with Crippen molar-refractivity contribution in [1.29, 1.82) is 0 Å². The summed E-state index contributed by atoms with van der Waals surface area (Å²) in [5.41, 5.74) is 12.5. The molecule has 2 aromatic rings. The Labute approximate surface area is 368 Å². The first-order valence-corrected chi connectivity index (χ1v) is 25.0. The number of carbonyl (C=O) groups is 6. The van der Waals surface area contributed by atoms with E-state index in [0.29, 0.717) is 28.9 Å². The first-order chi connectivity index (χ1) is 29.8. The summed E-state index contributed by atoms with van der Waals surface area (Å²) >= 11 is 0. The Bertz CT molecular complexity index is 2260. The molecule has 0 radical (unpaired) electrons. The number of amides is 3. The van der Waals surface area contributed by atoms with E-state index in [4.69, 9.17) is 41.3 Å². The third-order valence-electron chi connectivity index (χ3n) is 8.15. The van der Waals surface area contributed by atoms with Gasteiger partial charge in [0.2, 0.25) is 17.7 Å². The number of carboxylic acid groups (broad SMARTS) is 3. The van der Waals surface area contributed by atoms with E-state index in [0.717, 1.165) is 6.33 Å². The number of nitrogens with one attached hydrogen (secondary N) is 3. The minimum absolute atomic E-state index is 0.0250. The quantitative estimate of drug-likeness (QED) is 0.0217. The molecule has 3 heterocycles. The molecule has 0 bridgehead atoms. The maximum Gasteiger partial charge on any atom is 0.490 e. The van der Waals surface area contributed by atoms with E-state index in [-0.39, 0.29) is 43.2 Å². The third kappa shape index (κ3) is 18.3. The molecule has 3 rings (SSSR count). The van der Waals surface area contributed by atoms with E-state index in [9.17, 15) is 57.4 Å². The van der Waals surface area contributed by atoms with E-state index >= 15 is 0 Å². The molecule has 2 aromatic heterocycles. The normalized spacial score (nSPS) is 19.5. The predicted molar refractivity (Wildman–Crippen MR) is 219 cm³/mol. The van der Waals surface area contributed by atoms with Crippen LogP contribution in [0.3, 0.4) is 0 Å².